The summed E-state index contributed by atoms with van der Waals surface area (Å²) in [6, 6.07) is 6.91. The highest BCUT2D eigenvalue weighted by Gasteiger charge is 2.19. The molecule has 1 atom stereocenters. The van der Waals surface area contributed by atoms with Gasteiger partial charge in [-0.25, -0.2) is 0 Å². The molecule has 1 aromatic rings. The molecule has 4 heteroatoms. The van der Waals surface area contributed by atoms with E-state index in [1.165, 1.54) is 0 Å². The summed E-state index contributed by atoms with van der Waals surface area (Å²) in [4.78, 5) is 13.1. The number of thiol groups is 1. The Bertz CT molecular complexity index is 341. The fraction of sp³-hybridized carbons (Fsp3) is 0.300. The van der Waals surface area contributed by atoms with Gasteiger partial charge in [-0.15, -0.1) is 12.6 Å². The third kappa shape index (κ3) is 2.74. The molecule has 0 aliphatic rings. The first kappa shape index (κ1) is 11.6. The van der Waals surface area contributed by atoms with E-state index in [1.54, 1.807) is 17.0 Å². The lowest BCUT2D eigenvalue weighted by Crippen LogP contribution is -2.24. The predicted octanol–water partition coefficient (Wildman–Crippen LogP) is 2.40. The monoisotopic (exact) mass is 229 g/mol. The van der Waals surface area contributed by atoms with Gasteiger partial charge >= 0.3 is 0 Å². The molecule has 76 valence electrons. The van der Waals surface area contributed by atoms with Gasteiger partial charge in [-0.3, -0.25) is 9.69 Å². The summed E-state index contributed by atoms with van der Waals surface area (Å²) in [6.07, 6.45) is 0. The van der Waals surface area contributed by atoms with Crippen molar-refractivity contribution in [3.05, 3.63) is 34.9 Å². The molecule has 14 heavy (non-hydrogen) atoms. The number of halogens is 1. The van der Waals surface area contributed by atoms with Gasteiger partial charge in [-0.1, -0.05) is 23.7 Å². The summed E-state index contributed by atoms with van der Waals surface area (Å²) in [6.45, 7) is 0. The van der Waals surface area contributed by atoms with Crippen LogP contribution >= 0.6 is 24.2 Å². The summed E-state index contributed by atoms with van der Waals surface area (Å²) in [7, 11) is 3.67. The summed E-state index contributed by atoms with van der Waals surface area (Å²) in [5.41, 5.74) is 0.863. The maximum atomic E-state index is 11.3. The first-order chi connectivity index (χ1) is 6.52. The van der Waals surface area contributed by atoms with Crippen molar-refractivity contribution >= 4 is 29.3 Å². The van der Waals surface area contributed by atoms with Gasteiger partial charge in [0, 0.05) is 5.02 Å². The molecule has 0 aromatic heterocycles. The lowest BCUT2D eigenvalue weighted by atomic mass is 10.1. The fourth-order valence-corrected chi connectivity index (χ4v) is 1.92. The molecule has 2 nitrogen and oxygen atoms in total. The van der Waals surface area contributed by atoms with Crippen molar-refractivity contribution in [2.45, 2.75) is 6.04 Å². The predicted molar refractivity (Wildman–Crippen MR) is 61.9 cm³/mol. The average Bonchev–Trinajstić information content (AvgIpc) is 2.02. The van der Waals surface area contributed by atoms with Crippen molar-refractivity contribution in [3.63, 3.8) is 0 Å². The molecule has 0 amide bonds. The van der Waals surface area contributed by atoms with Crippen molar-refractivity contribution in [2.75, 3.05) is 14.1 Å². The van der Waals surface area contributed by atoms with Crippen LogP contribution in [-0.4, -0.2) is 24.1 Å². The second kappa shape index (κ2) is 4.82. The highest BCUT2D eigenvalue weighted by molar-refractivity contribution is 7.96. The number of nitrogens with zero attached hydrogens (tertiary/aromatic N) is 1. The van der Waals surface area contributed by atoms with Gasteiger partial charge in [0.25, 0.3) is 0 Å². The summed E-state index contributed by atoms with van der Waals surface area (Å²) in [5, 5.41) is 0.446. The number of hydrogen-bond acceptors (Lipinski definition) is 2. The lowest BCUT2D eigenvalue weighted by molar-refractivity contribution is -0.114. The van der Waals surface area contributed by atoms with Gasteiger partial charge in [0.1, 0.15) is 6.04 Å². The molecule has 1 rings (SSSR count). The molecule has 0 saturated heterocycles. The largest absolute Gasteiger partial charge is 0.295 e. The highest BCUT2D eigenvalue weighted by Crippen LogP contribution is 2.23. The Labute approximate surface area is 94.3 Å². The SMILES string of the molecule is CN(C)C(C(=O)S)c1cccc(Cl)c1. The Morgan fingerprint density at radius 3 is 2.57 bits per heavy atom. The van der Waals surface area contributed by atoms with E-state index in [-0.39, 0.29) is 11.2 Å². The Hall–Kier alpha value is -0.510. The zero-order chi connectivity index (χ0) is 10.7. The van der Waals surface area contributed by atoms with Crippen LogP contribution in [0.2, 0.25) is 5.02 Å². The molecular weight excluding hydrogens is 218 g/mol. The van der Waals surface area contributed by atoms with Gasteiger partial charge in [-0.2, -0.15) is 0 Å². The number of rotatable bonds is 3. The zero-order valence-corrected chi connectivity index (χ0v) is 9.72. The number of carbonyl (C=O) groups excluding carboxylic acids is 1. The second-order valence-corrected chi connectivity index (χ2v) is 4.14. The maximum absolute atomic E-state index is 11.3. The van der Waals surface area contributed by atoms with Crippen LogP contribution in [0.25, 0.3) is 0 Å². The van der Waals surface area contributed by atoms with E-state index in [9.17, 15) is 4.79 Å². The van der Waals surface area contributed by atoms with Crippen LogP contribution in [0.3, 0.4) is 0 Å². The van der Waals surface area contributed by atoms with Crippen LogP contribution < -0.4 is 0 Å². The number of benzene rings is 1. The second-order valence-electron chi connectivity index (χ2n) is 3.26. The molecular formula is C10H12ClNOS. The molecule has 0 N–H and O–H groups in total. The normalized spacial score (nSPS) is 12.9. The topological polar surface area (TPSA) is 20.3 Å². The first-order valence-corrected chi connectivity index (χ1v) is 4.99. The van der Waals surface area contributed by atoms with E-state index in [0.29, 0.717) is 5.02 Å². The molecule has 1 aromatic carbocycles. The van der Waals surface area contributed by atoms with Crippen LogP contribution in [0.1, 0.15) is 11.6 Å². The Morgan fingerprint density at radius 1 is 1.50 bits per heavy atom. The van der Waals surface area contributed by atoms with Crippen LogP contribution in [0.5, 0.6) is 0 Å². The van der Waals surface area contributed by atoms with Gasteiger partial charge in [-0.05, 0) is 31.8 Å². The first-order valence-electron chi connectivity index (χ1n) is 4.17. The Balaban J connectivity index is 3.05. The van der Waals surface area contributed by atoms with Crippen LogP contribution in [0, 0.1) is 0 Å². The summed E-state index contributed by atoms with van der Waals surface area (Å²) >= 11 is 9.70. The van der Waals surface area contributed by atoms with E-state index in [0.717, 1.165) is 5.56 Å². The van der Waals surface area contributed by atoms with Crippen molar-refractivity contribution in [3.8, 4) is 0 Å². The number of likely N-dealkylation sites (N-methyl/N-ethyl adjacent to an activating group) is 1. The standard InChI is InChI=1S/C10H12ClNOS/c1-12(2)9(10(13)14)7-4-3-5-8(11)6-7/h3-6,9H,1-2H3,(H,13,14). The molecule has 0 aliphatic carbocycles. The minimum atomic E-state index is -0.336. The van der Waals surface area contributed by atoms with Crippen LogP contribution in [0.4, 0.5) is 0 Å². The van der Waals surface area contributed by atoms with E-state index in [1.807, 2.05) is 26.2 Å². The smallest absolute Gasteiger partial charge is 0.207 e. The Kier molecular flexibility index (Phi) is 3.98. The lowest BCUT2D eigenvalue weighted by Gasteiger charge is -2.21. The minimum absolute atomic E-state index is 0.183. The molecule has 0 radical (unpaired) electrons. The average molecular weight is 230 g/mol. The van der Waals surface area contributed by atoms with Gasteiger partial charge in [0.2, 0.25) is 5.12 Å². The van der Waals surface area contributed by atoms with Gasteiger partial charge in [0.15, 0.2) is 0 Å². The zero-order valence-electron chi connectivity index (χ0n) is 8.07. The van der Waals surface area contributed by atoms with Crippen LogP contribution in [-0.2, 0) is 4.79 Å². The highest BCUT2D eigenvalue weighted by atomic mass is 35.5. The minimum Gasteiger partial charge on any atom is -0.295 e. The third-order valence-corrected chi connectivity index (χ3v) is 2.39. The van der Waals surface area contributed by atoms with Crippen molar-refractivity contribution in [1.29, 1.82) is 0 Å². The molecule has 0 fully saturated rings. The molecule has 0 saturated carbocycles. The van der Waals surface area contributed by atoms with Crippen molar-refractivity contribution in [2.24, 2.45) is 0 Å². The van der Waals surface area contributed by atoms with Gasteiger partial charge < -0.3 is 0 Å². The molecule has 0 bridgehead atoms. The molecule has 1 unspecified atom stereocenters. The number of hydrogen-bond donors (Lipinski definition) is 1. The van der Waals surface area contributed by atoms with E-state index in [2.05, 4.69) is 12.6 Å². The van der Waals surface area contributed by atoms with Crippen molar-refractivity contribution in [1.82, 2.24) is 4.90 Å². The molecule has 0 aliphatic heterocycles. The fourth-order valence-electron chi connectivity index (χ4n) is 1.34. The maximum Gasteiger partial charge on any atom is 0.207 e. The van der Waals surface area contributed by atoms with E-state index < -0.39 is 0 Å². The van der Waals surface area contributed by atoms with Crippen LogP contribution in [0.15, 0.2) is 24.3 Å². The third-order valence-electron chi connectivity index (χ3n) is 1.91. The van der Waals surface area contributed by atoms with Gasteiger partial charge in [0.05, 0.1) is 0 Å². The molecule has 0 heterocycles. The number of carbonyl (C=O) groups is 1. The van der Waals surface area contributed by atoms with E-state index in [4.69, 9.17) is 11.6 Å². The molecule has 0 spiro atoms. The quantitative estimate of drug-likeness (QED) is 0.804. The Morgan fingerprint density at radius 2 is 2.14 bits per heavy atom. The van der Waals surface area contributed by atoms with Crippen molar-refractivity contribution < 1.29 is 4.79 Å². The van der Waals surface area contributed by atoms with E-state index >= 15 is 0 Å². The summed E-state index contributed by atoms with van der Waals surface area (Å²) in [5.74, 6) is 0. The summed E-state index contributed by atoms with van der Waals surface area (Å²) < 4.78 is 0.